The molecule has 0 saturated heterocycles. The monoisotopic (exact) mass is 353 g/mol. The Kier molecular flexibility index (Phi) is 4.23. The second-order valence-electron chi connectivity index (χ2n) is 5.54. The minimum Gasteiger partial charge on any atom is -0.464 e. The predicted octanol–water partition coefficient (Wildman–Crippen LogP) is 2.41. The highest BCUT2D eigenvalue weighted by molar-refractivity contribution is 5.96. The first-order chi connectivity index (χ1) is 11.8. The Morgan fingerprint density at radius 1 is 1.28 bits per heavy atom. The number of esters is 1. The van der Waals surface area contributed by atoms with Gasteiger partial charge < -0.3 is 9.64 Å². The molecule has 0 atom stereocenters. The van der Waals surface area contributed by atoms with Gasteiger partial charge in [0.05, 0.1) is 30.5 Å². The zero-order valence-electron chi connectivity index (χ0n) is 13.2. The van der Waals surface area contributed by atoms with Gasteiger partial charge in [0, 0.05) is 12.1 Å². The minimum absolute atomic E-state index is 0.0460. The Hall–Kier alpha value is -2.84. The van der Waals surface area contributed by atoms with E-state index in [1.54, 1.807) is 0 Å². The van der Waals surface area contributed by atoms with Crippen LogP contribution in [0, 0.1) is 0 Å². The van der Waals surface area contributed by atoms with E-state index in [1.807, 2.05) is 0 Å². The highest BCUT2D eigenvalue weighted by Crippen LogP contribution is 2.33. The van der Waals surface area contributed by atoms with E-state index in [2.05, 4.69) is 14.9 Å². The van der Waals surface area contributed by atoms with E-state index in [9.17, 15) is 22.8 Å². The standard InChI is InChI=1S/C16H14F3N3O3/c1-25-15(24)13-10-6-7-22(8-12(10)20-21-13)14(23)9-4-2-3-5-11(9)16(17,18)19/h2-5H,6-8H2,1H3,(H,20,21). The van der Waals surface area contributed by atoms with Crippen LogP contribution < -0.4 is 0 Å². The number of halogens is 3. The second-order valence-corrected chi connectivity index (χ2v) is 5.54. The molecule has 132 valence electrons. The molecular weight excluding hydrogens is 339 g/mol. The third-order valence-electron chi connectivity index (χ3n) is 4.06. The van der Waals surface area contributed by atoms with Crippen molar-refractivity contribution >= 4 is 11.9 Å². The number of nitrogens with zero attached hydrogens (tertiary/aromatic N) is 2. The quantitative estimate of drug-likeness (QED) is 0.842. The van der Waals surface area contributed by atoms with E-state index in [0.717, 1.165) is 12.1 Å². The molecule has 2 aromatic rings. The van der Waals surface area contributed by atoms with Crippen molar-refractivity contribution in [1.82, 2.24) is 15.1 Å². The van der Waals surface area contributed by atoms with Crippen molar-refractivity contribution in [2.45, 2.75) is 19.1 Å². The maximum absolute atomic E-state index is 13.1. The summed E-state index contributed by atoms with van der Waals surface area (Å²) in [6.07, 6.45) is -4.31. The van der Waals surface area contributed by atoms with Crippen LogP contribution in [0.1, 0.15) is 37.7 Å². The summed E-state index contributed by atoms with van der Waals surface area (Å²) >= 11 is 0. The molecule has 2 heterocycles. The van der Waals surface area contributed by atoms with Crippen LogP contribution in [-0.4, -0.2) is 40.6 Å². The molecule has 9 heteroatoms. The molecule has 1 aromatic carbocycles. The summed E-state index contributed by atoms with van der Waals surface area (Å²) in [7, 11) is 1.23. The van der Waals surface area contributed by atoms with Gasteiger partial charge in [-0.25, -0.2) is 4.79 Å². The van der Waals surface area contributed by atoms with Crippen molar-refractivity contribution < 1.29 is 27.5 Å². The maximum Gasteiger partial charge on any atom is 0.417 e. The highest BCUT2D eigenvalue weighted by atomic mass is 19.4. The van der Waals surface area contributed by atoms with Gasteiger partial charge in [-0.15, -0.1) is 0 Å². The van der Waals surface area contributed by atoms with Crippen molar-refractivity contribution in [2.75, 3.05) is 13.7 Å². The van der Waals surface area contributed by atoms with E-state index >= 15 is 0 Å². The average Bonchev–Trinajstić information content (AvgIpc) is 3.02. The van der Waals surface area contributed by atoms with Crippen molar-refractivity contribution in [2.24, 2.45) is 0 Å². The topological polar surface area (TPSA) is 75.3 Å². The lowest BCUT2D eigenvalue weighted by Crippen LogP contribution is -2.37. The largest absolute Gasteiger partial charge is 0.464 e. The third-order valence-corrected chi connectivity index (χ3v) is 4.06. The van der Waals surface area contributed by atoms with Gasteiger partial charge in [0.15, 0.2) is 5.69 Å². The van der Waals surface area contributed by atoms with Gasteiger partial charge in [0.25, 0.3) is 5.91 Å². The van der Waals surface area contributed by atoms with Crippen LogP contribution >= 0.6 is 0 Å². The van der Waals surface area contributed by atoms with Gasteiger partial charge in [-0.1, -0.05) is 12.1 Å². The summed E-state index contributed by atoms with van der Waals surface area (Å²) in [5.74, 6) is -1.31. The van der Waals surface area contributed by atoms with E-state index in [-0.39, 0.29) is 18.8 Å². The van der Waals surface area contributed by atoms with E-state index < -0.39 is 29.2 Å². The number of aromatic amines is 1. The number of methoxy groups -OCH3 is 1. The number of nitrogens with one attached hydrogen (secondary N) is 1. The molecule has 1 aliphatic heterocycles. The van der Waals surface area contributed by atoms with Gasteiger partial charge in [0.2, 0.25) is 0 Å². The fourth-order valence-corrected chi connectivity index (χ4v) is 2.84. The van der Waals surface area contributed by atoms with Crippen molar-refractivity contribution in [1.29, 1.82) is 0 Å². The smallest absolute Gasteiger partial charge is 0.417 e. The summed E-state index contributed by atoms with van der Waals surface area (Å²) in [5.41, 5.74) is -0.0819. The van der Waals surface area contributed by atoms with Gasteiger partial charge in [-0.3, -0.25) is 9.89 Å². The summed E-state index contributed by atoms with van der Waals surface area (Å²) in [6, 6.07) is 4.68. The molecule has 1 aliphatic rings. The Labute approximate surface area is 140 Å². The van der Waals surface area contributed by atoms with Crippen molar-refractivity contribution in [3.63, 3.8) is 0 Å². The van der Waals surface area contributed by atoms with Crippen LogP contribution in [0.5, 0.6) is 0 Å². The molecule has 6 nitrogen and oxygen atoms in total. The Balaban J connectivity index is 1.87. The number of fused-ring (bicyclic) bond motifs is 1. The number of ether oxygens (including phenoxy) is 1. The van der Waals surface area contributed by atoms with Gasteiger partial charge in [-0.05, 0) is 18.6 Å². The first kappa shape index (κ1) is 17.0. The van der Waals surface area contributed by atoms with Gasteiger partial charge in [0.1, 0.15) is 0 Å². The van der Waals surface area contributed by atoms with E-state index in [4.69, 9.17) is 0 Å². The second kappa shape index (κ2) is 6.23. The van der Waals surface area contributed by atoms with Crippen LogP contribution in [-0.2, 0) is 23.9 Å². The van der Waals surface area contributed by atoms with Crippen molar-refractivity contribution in [3.8, 4) is 0 Å². The lowest BCUT2D eigenvalue weighted by atomic mass is 10.0. The molecule has 0 unspecified atom stereocenters. The number of carbonyl (C=O) groups is 2. The third kappa shape index (κ3) is 3.09. The zero-order chi connectivity index (χ0) is 18.2. The first-order valence-corrected chi connectivity index (χ1v) is 7.43. The molecule has 0 spiro atoms. The summed E-state index contributed by atoms with van der Waals surface area (Å²) in [4.78, 5) is 25.5. The van der Waals surface area contributed by atoms with Gasteiger partial charge >= 0.3 is 12.1 Å². The molecule has 0 bridgehead atoms. The Morgan fingerprint density at radius 2 is 2.00 bits per heavy atom. The van der Waals surface area contributed by atoms with E-state index in [1.165, 1.54) is 24.1 Å². The summed E-state index contributed by atoms with van der Waals surface area (Å²) in [6.45, 7) is 0.228. The van der Waals surface area contributed by atoms with Crippen LogP contribution in [0.3, 0.4) is 0 Å². The predicted molar refractivity (Wildman–Crippen MR) is 79.8 cm³/mol. The number of aromatic nitrogens is 2. The van der Waals surface area contributed by atoms with Crippen LogP contribution in [0.4, 0.5) is 13.2 Å². The minimum atomic E-state index is -4.61. The van der Waals surface area contributed by atoms with Crippen LogP contribution in [0.25, 0.3) is 0 Å². The summed E-state index contributed by atoms with van der Waals surface area (Å²) in [5, 5.41) is 6.53. The fourth-order valence-electron chi connectivity index (χ4n) is 2.84. The lowest BCUT2D eigenvalue weighted by molar-refractivity contribution is -0.138. The molecule has 0 aliphatic carbocycles. The first-order valence-electron chi connectivity index (χ1n) is 7.43. The number of hydrogen-bond donors (Lipinski definition) is 1. The zero-order valence-corrected chi connectivity index (χ0v) is 13.2. The van der Waals surface area contributed by atoms with Crippen molar-refractivity contribution in [3.05, 3.63) is 52.3 Å². The fraction of sp³-hybridized carbons (Fsp3) is 0.312. The molecular formula is C16H14F3N3O3. The number of hydrogen-bond acceptors (Lipinski definition) is 4. The maximum atomic E-state index is 13.1. The average molecular weight is 353 g/mol. The van der Waals surface area contributed by atoms with E-state index in [0.29, 0.717) is 17.7 Å². The Bertz CT molecular complexity index is 830. The van der Waals surface area contributed by atoms with Crippen LogP contribution in [0.2, 0.25) is 0 Å². The molecule has 0 radical (unpaired) electrons. The SMILES string of the molecule is COC(=O)c1n[nH]c2c1CCN(C(=O)c1ccccc1C(F)(F)F)C2. The molecule has 25 heavy (non-hydrogen) atoms. The number of rotatable bonds is 2. The number of benzene rings is 1. The number of carbonyl (C=O) groups excluding carboxylic acids is 2. The highest BCUT2D eigenvalue weighted by Gasteiger charge is 2.37. The van der Waals surface area contributed by atoms with Gasteiger partial charge in [-0.2, -0.15) is 18.3 Å². The number of amides is 1. The molecule has 3 rings (SSSR count). The number of alkyl halides is 3. The molecule has 1 aromatic heterocycles. The molecule has 1 amide bonds. The Morgan fingerprint density at radius 3 is 2.68 bits per heavy atom. The molecule has 0 fully saturated rings. The molecule has 1 N–H and O–H groups in total. The number of H-pyrrole nitrogens is 1. The molecule has 0 saturated carbocycles. The lowest BCUT2D eigenvalue weighted by Gasteiger charge is -2.27. The normalized spacial score (nSPS) is 14.2. The van der Waals surface area contributed by atoms with Crippen LogP contribution in [0.15, 0.2) is 24.3 Å². The summed E-state index contributed by atoms with van der Waals surface area (Å²) < 4.78 is 44.0.